The summed E-state index contributed by atoms with van der Waals surface area (Å²) >= 11 is 1.92. The van der Waals surface area contributed by atoms with E-state index in [0.717, 1.165) is 5.75 Å². The molecule has 1 N–H and O–H groups in total. The fourth-order valence-electron chi connectivity index (χ4n) is 2.94. The fraction of sp³-hybridized carbons (Fsp3) is 0.353. The van der Waals surface area contributed by atoms with Gasteiger partial charge >= 0.3 is 0 Å². The van der Waals surface area contributed by atoms with Crippen molar-refractivity contribution in [3.8, 4) is 0 Å². The van der Waals surface area contributed by atoms with Crippen LogP contribution in [-0.2, 0) is 6.42 Å². The lowest BCUT2D eigenvalue weighted by Crippen LogP contribution is -2.33. The maximum absolute atomic E-state index is 4.62. The molecular formula is C17H20N2S. The van der Waals surface area contributed by atoms with Crippen molar-refractivity contribution in [3.05, 3.63) is 59.9 Å². The minimum absolute atomic E-state index is 0.483. The predicted molar refractivity (Wildman–Crippen MR) is 85.3 cm³/mol. The van der Waals surface area contributed by atoms with Gasteiger partial charge in [0.15, 0.2) is 0 Å². The van der Waals surface area contributed by atoms with E-state index in [1.807, 2.05) is 24.0 Å². The fourth-order valence-corrected chi connectivity index (χ4v) is 4.06. The third-order valence-electron chi connectivity index (χ3n) is 4.03. The number of hydrogen-bond acceptors (Lipinski definition) is 3. The zero-order chi connectivity index (χ0) is 13.8. The summed E-state index contributed by atoms with van der Waals surface area (Å²) in [5, 5.41) is 3.49. The lowest BCUT2D eigenvalue weighted by atomic mass is 9.98. The number of thioether (sulfide) groups is 1. The largest absolute Gasteiger partial charge is 0.315 e. The number of aromatic nitrogens is 1. The van der Waals surface area contributed by atoms with Crippen LogP contribution in [0.1, 0.15) is 23.6 Å². The van der Waals surface area contributed by atoms with E-state index < -0.39 is 0 Å². The molecule has 1 aliphatic rings. The summed E-state index contributed by atoms with van der Waals surface area (Å²) in [6.07, 6.45) is 4.31. The van der Waals surface area contributed by atoms with Gasteiger partial charge in [-0.3, -0.25) is 4.98 Å². The highest BCUT2D eigenvalue weighted by atomic mass is 32.2. The van der Waals surface area contributed by atoms with Crippen molar-refractivity contribution >= 4 is 11.8 Å². The van der Waals surface area contributed by atoms with Gasteiger partial charge in [-0.25, -0.2) is 0 Å². The number of fused-ring (bicyclic) bond motifs is 1. The molecule has 0 saturated carbocycles. The first-order chi connectivity index (χ1) is 9.88. The second-order valence-electron chi connectivity index (χ2n) is 5.21. The SMILES string of the molecule is CNC(CSc1ccccc1)C1CCc2cccnc21. The summed E-state index contributed by atoms with van der Waals surface area (Å²) in [4.78, 5) is 5.96. The summed E-state index contributed by atoms with van der Waals surface area (Å²) in [7, 11) is 2.07. The first-order valence-corrected chi connectivity index (χ1v) is 8.16. The number of likely N-dealkylation sites (N-methyl/N-ethyl adjacent to an activating group) is 1. The third-order valence-corrected chi connectivity index (χ3v) is 5.16. The summed E-state index contributed by atoms with van der Waals surface area (Å²) < 4.78 is 0. The molecule has 2 unspecified atom stereocenters. The highest BCUT2D eigenvalue weighted by molar-refractivity contribution is 7.99. The molecule has 2 nitrogen and oxygen atoms in total. The first-order valence-electron chi connectivity index (χ1n) is 7.17. The van der Waals surface area contributed by atoms with Crippen LogP contribution in [0.4, 0.5) is 0 Å². The molecule has 1 aromatic carbocycles. The Kier molecular flexibility index (Phi) is 4.38. The molecule has 0 fully saturated rings. The molecule has 0 bridgehead atoms. The van der Waals surface area contributed by atoms with Crippen molar-refractivity contribution in [1.82, 2.24) is 10.3 Å². The third kappa shape index (κ3) is 2.89. The van der Waals surface area contributed by atoms with Gasteiger partial charge in [0.1, 0.15) is 0 Å². The molecule has 0 aliphatic heterocycles. The molecule has 3 heteroatoms. The highest BCUT2D eigenvalue weighted by Crippen LogP contribution is 2.35. The second kappa shape index (κ2) is 6.42. The molecule has 2 aromatic rings. The average Bonchev–Trinajstić information content (AvgIpc) is 2.93. The van der Waals surface area contributed by atoms with Gasteiger partial charge in [0.25, 0.3) is 0 Å². The maximum atomic E-state index is 4.62. The van der Waals surface area contributed by atoms with Gasteiger partial charge in [-0.2, -0.15) is 0 Å². The van der Waals surface area contributed by atoms with E-state index in [9.17, 15) is 0 Å². The van der Waals surface area contributed by atoms with Gasteiger partial charge in [0, 0.05) is 34.5 Å². The average molecular weight is 284 g/mol. The van der Waals surface area contributed by atoms with E-state index in [4.69, 9.17) is 0 Å². The number of pyridine rings is 1. The monoisotopic (exact) mass is 284 g/mol. The number of nitrogens with one attached hydrogen (secondary N) is 1. The number of rotatable bonds is 5. The minimum Gasteiger partial charge on any atom is -0.315 e. The summed E-state index contributed by atoms with van der Waals surface area (Å²) in [5.41, 5.74) is 2.74. The zero-order valence-electron chi connectivity index (χ0n) is 11.8. The predicted octanol–water partition coefficient (Wildman–Crippen LogP) is 3.49. The standard InChI is InChI=1S/C17H20N2S/c1-18-16(12-20-14-7-3-2-4-8-14)15-10-9-13-6-5-11-19-17(13)15/h2-8,11,15-16,18H,9-10,12H2,1H3. The van der Waals surface area contributed by atoms with E-state index in [-0.39, 0.29) is 0 Å². The minimum atomic E-state index is 0.483. The van der Waals surface area contributed by atoms with Gasteiger partial charge in [-0.15, -0.1) is 11.8 Å². The summed E-state index contributed by atoms with van der Waals surface area (Å²) in [5.74, 6) is 1.63. The summed E-state index contributed by atoms with van der Waals surface area (Å²) in [6.45, 7) is 0. The van der Waals surface area contributed by atoms with Gasteiger partial charge in [0.05, 0.1) is 0 Å². The molecule has 1 heterocycles. The molecule has 0 spiro atoms. The molecule has 0 amide bonds. The molecule has 1 aliphatic carbocycles. The van der Waals surface area contributed by atoms with Crippen molar-refractivity contribution in [2.45, 2.75) is 29.7 Å². The van der Waals surface area contributed by atoms with Gasteiger partial charge < -0.3 is 5.32 Å². The topological polar surface area (TPSA) is 24.9 Å². The Hall–Kier alpha value is -1.32. The van der Waals surface area contributed by atoms with Crippen LogP contribution in [-0.4, -0.2) is 23.8 Å². The molecule has 20 heavy (non-hydrogen) atoms. The highest BCUT2D eigenvalue weighted by Gasteiger charge is 2.29. The maximum Gasteiger partial charge on any atom is 0.0482 e. The molecule has 3 rings (SSSR count). The van der Waals surface area contributed by atoms with E-state index >= 15 is 0 Å². The Morgan fingerprint density at radius 3 is 2.90 bits per heavy atom. The van der Waals surface area contributed by atoms with Crippen LogP contribution in [0.25, 0.3) is 0 Å². The van der Waals surface area contributed by atoms with Crippen LogP contribution >= 0.6 is 11.8 Å². The Morgan fingerprint density at radius 2 is 2.10 bits per heavy atom. The molecular weight excluding hydrogens is 264 g/mol. The Labute approximate surface area is 125 Å². The van der Waals surface area contributed by atoms with Gasteiger partial charge in [-0.05, 0) is 43.7 Å². The van der Waals surface area contributed by atoms with Crippen molar-refractivity contribution in [2.75, 3.05) is 12.8 Å². The Morgan fingerprint density at radius 1 is 1.25 bits per heavy atom. The second-order valence-corrected chi connectivity index (χ2v) is 6.31. The van der Waals surface area contributed by atoms with Crippen molar-refractivity contribution in [3.63, 3.8) is 0 Å². The molecule has 2 atom stereocenters. The summed E-state index contributed by atoms with van der Waals surface area (Å²) in [6, 6.07) is 15.4. The van der Waals surface area contributed by atoms with E-state index in [1.54, 1.807) is 0 Å². The first kappa shape index (κ1) is 13.7. The van der Waals surface area contributed by atoms with Crippen LogP contribution in [0, 0.1) is 0 Å². The number of benzene rings is 1. The Balaban J connectivity index is 1.69. The van der Waals surface area contributed by atoms with Crippen LogP contribution < -0.4 is 5.32 Å². The van der Waals surface area contributed by atoms with Gasteiger partial charge in [0.2, 0.25) is 0 Å². The number of hydrogen-bond donors (Lipinski definition) is 1. The molecule has 0 radical (unpaired) electrons. The van der Waals surface area contributed by atoms with E-state index in [1.165, 1.54) is 29.0 Å². The smallest absolute Gasteiger partial charge is 0.0482 e. The Bertz CT molecular complexity index is 556. The van der Waals surface area contributed by atoms with Crippen molar-refractivity contribution < 1.29 is 0 Å². The van der Waals surface area contributed by atoms with Crippen LogP contribution in [0.3, 0.4) is 0 Å². The van der Waals surface area contributed by atoms with Crippen LogP contribution in [0.15, 0.2) is 53.6 Å². The van der Waals surface area contributed by atoms with Crippen LogP contribution in [0.5, 0.6) is 0 Å². The lowest BCUT2D eigenvalue weighted by Gasteiger charge is -2.23. The normalized spacial score (nSPS) is 18.8. The van der Waals surface area contributed by atoms with E-state index in [0.29, 0.717) is 12.0 Å². The molecule has 1 aromatic heterocycles. The number of aryl methyl sites for hydroxylation is 1. The van der Waals surface area contributed by atoms with E-state index in [2.05, 4.69) is 53.7 Å². The quantitative estimate of drug-likeness (QED) is 0.851. The number of nitrogens with zero attached hydrogens (tertiary/aromatic N) is 1. The van der Waals surface area contributed by atoms with Crippen molar-refractivity contribution in [2.24, 2.45) is 0 Å². The zero-order valence-corrected chi connectivity index (χ0v) is 12.6. The van der Waals surface area contributed by atoms with Gasteiger partial charge in [-0.1, -0.05) is 24.3 Å². The lowest BCUT2D eigenvalue weighted by molar-refractivity contribution is 0.491. The van der Waals surface area contributed by atoms with Crippen molar-refractivity contribution in [1.29, 1.82) is 0 Å². The molecule has 0 saturated heterocycles. The van der Waals surface area contributed by atoms with Crippen LogP contribution in [0.2, 0.25) is 0 Å². The molecule has 104 valence electrons.